The minimum Gasteiger partial charge on any atom is -0.494 e. The number of carbonyl (C=O) groups is 1. The second kappa shape index (κ2) is 9.05. The van der Waals surface area contributed by atoms with Crippen LogP contribution in [-0.2, 0) is 29.1 Å². The lowest BCUT2D eigenvalue weighted by molar-refractivity contribution is 0.0592. The number of ether oxygens (including phenoxy) is 1. The zero-order valence-electron chi connectivity index (χ0n) is 17.5. The van der Waals surface area contributed by atoms with E-state index in [4.69, 9.17) is 9.88 Å². The Kier molecular flexibility index (Phi) is 6.64. The second-order valence-corrected chi connectivity index (χ2v) is 9.05. The van der Waals surface area contributed by atoms with E-state index in [-0.39, 0.29) is 12.2 Å². The number of nitrogens with zero attached hydrogens (tertiary/aromatic N) is 1. The predicted octanol–water partition coefficient (Wildman–Crippen LogP) is 2.37. The lowest BCUT2D eigenvalue weighted by Gasteiger charge is -2.28. The van der Waals surface area contributed by atoms with Crippen molar-refractivity contribution in [3.63, 3.8) is 0 Å². The molecule has 1 heterocycles. The van der Waals surface area contributed by atoms with Crippen molar-refractivity contribution in [3.8, 4) is 5.75 Å². The number of benzene rings is 2. The Labute approximate surface area is 182 Å². The summed E-state index contributed by atoms with van der Waals surface area (Å²) in [5.74, 6) is -0.147. The predicted molar refractivity (Wildman–Crippen MR) is 118 cm³/mol. The molecular formula is C23H26N2O5S. The zero-order chi connectivity index (χ0) is 22.6. The van der Waals surface area contributed by atoms with Gasteiger partial charge in [-0.15, -0.1) is 0 Å². The fourth-order valence-electron chi connectivity index (χ4n) is 3.59. The molecule has 0 aliphatic rings. The Balaban J connectivity index is 1.91. The Hall–Kier alpha value is -2.94. The molecule has 0 fully saturated rings. The lowest BCUT2D eigenvalue weighted by atomic mass is 9.91. The summed E-state index contributed by atoms with van der Waals surface area (Å²) in [6.45, 7) is 2.43. The number of primary sulfonamides is 1. The van der Waals surface area contributed by atoms with Crippen LogP contribution in [0, 0.1) is 0 Å². The molecule has 0 amide bonds. The van der Waals surface area contributed by atoms with Crippen LogP contribution in [0.4, 0.5) is 0 Å². The lowest BCUT2D eigenvalue weighted by Crippen LogP contribution is -2.39. The number of hydrogen-bond donors (Lipinski definition) is 2. The van der Waals surface area contributed by atoms with Crippen molar-refractivity contribution < 1.29 is 23.1 Å². The first-order chi connectivity index (χ1) is 14.6. The summed E-state index contributed by atoms with van der Waals surface area (Å²) in [5.41, 5.74) is 0.221. The number of ketones is 1. The second-order valence-electron chi connectivity index (χ2n) is 7.44. The highest BCUT2D eigenvalue weighted by Gasteiger charge is 2.35. The fourth-order valence-corrected chi connectivity index (χ4v) is 4.53. The monoisotopic (exact) mass is 442 g/mol. The number of aliphatic hydroxyl groups is 1. The van der Waals surface area contributed by atoms with Crippen LogP contribution in [0.1, 0.15) is 34.2 Å². The molecule has 164 valence electrons. The molecule has 3 N–H and O–H groups in total. The minimum absolute atomic E-state index is 0.0273. The quantitative estimate of drug-likeness (QED) is 0.494. The summed E-state index contributed by atoms with van der Waals surface area (Å²) < 4.78 is 30.7. The summed E-state index contributed by atoms with van der Waals surface area (Å²) in [4.78, 5) is 13.0. The van der Waals surface area contributed by atoms with Crippen LogP contribution in [0.15, 0.2) is 66.7 Å². The Bertz CT molecular complexity index is 1150. The number of rotatable bonds is 9. The molecule has 1 unspecified atom stereocenters. The molecule has 1 atom stereocenters. The summed E-state index contributed by atoms with van der Waals surface area (Å²) >= 11 is 0. The van der Waals surface area contributed by atoms with Gasteiger partial charge in [-0.2, -0.15) is 0 Å². The smallest absolute Gasteiger partial charge is 0.212 e. The van der Waals surface area contributed by atoms with E-state index in [1.54, 1.807) is 78.3 Å². The maximum atomic E-state index is 13.0. The Morgan fingerprint density at radius 3 is 2.29 bits per heavy atom. The normalized spacial score (nSPS) is 13.5. The molecule has 0 bridgehead atoms. The first-order valence-corrected chi connectivity index (χ1v) is 11.5. The van der Waals surface area contributed by atoms with Gasteiger partial charge in [0.2, 0.25) is 15.8 Å². The van der Waals surface area contributed by atoms with Crippen LogP contribution in [-0.4, -0.2) is 36.2 Å². The summed E-state index contributed by atoms with van der Waals surface area (Å²) in [6, 6.07) is 18.8. The van der Waals surface area contributed by atoms with E-state index in [1.165, 1.54) is 0 Å². The summed E-state index contributed by atoms with van der Waals surface area (Å²) in [6.07, 6.45) is -0.0273. The first-order valence-electron chi connectivity index (χ1n) is 9.83. The van der Waals surface area contributed by atoms with Crippen molar-refractivity contribution in [2.45, 2.75) is 18.9 Å². The molecule has 0 aliphatic carbocycles. The third-order valence-electron chi connectivity index (χ3n) is 5.11. The van der Waals surface area contributed by atoms with Crippen molar-refractivity contribution in [1.29, 1.82) is 0 Å². The maximum absolute atomic E-state index is 13.0. The third kappa shape index (κ3) is 5.41. The number of sulfonamides is 1. The molecule has 7 nitrogen and oxygen atoms in total. The van der Waals surface area contributed by atoms with Crippen LogP contribution in [0.2, 0.25) is 0 Å². The summed E-state index contributed by atoms with van der Waals surface area (Å²) in [5, 5.41) is 16.5. The van der Waals surface area contributed by atoms with Gasteiger partial charge >= 0.3 is 0 Å². The largest absolute Gasteiger partial charge is 0.494 e. The maximum Gasteiger partial charge on any atom is 0.212 e. The molecule has 0 radical (unpaired) electrons. The minimum atomic E-state index is -3.96. The van der Waals surface area contributed by atoms with Gasteiger partial charge in [0.05, 0.1) is 18.1 Å². The molecule has 3 rings (SSSR count). The van der Waals surface area contributed by atoms with E-state index in [1.807, 2.05) is 6.92 Å². The van der Waals surface area contributed by atoms with Crippen LogP contribution >= 0.6 is 0 Å². The Morgan fingerprint density at radius 1 is 1.06 bits per heavy atom. The van der Waals surface area contributed by atoms with Crippen LogP contribution in [0.3, 0.4) is 0 Å². The highest BCUT2D eigenvalue weighted by Crippen LogP contribution is 2.28. The van der Waals surface area contributed by atoms with Gasteiger partial charge in [0.15, 0.2) is 0 Å². The standard InChI is InChI=1S/C23H26N2O5S/c1-3-30-20-12-9-17(10-13-20)22(26)21-14-11-19(25(21)2)15-23(27,16-31(24,28)29)18-7-5-4-6-8-18/h4-14,27H,3,15-16H2,1-2H3,(H2,24,28,29). The molecule has 0 saturated carbocycles. The van der Waals surface area contributed by atoms with E-state index < -0.39 is 21.4 Å². The van der Waals surface area contributed by atoms with E-state index in [0.29, 0.717) is 34.9 Å². The molecule has 8 heteroatoms. The van der Waals surface area contributed by atoms with Gasteiger partial charge in [0.1, 0.15) is 11.4 Å². The number of aromatic nitrogens is 1. The average molecular weight is 443 g/mol. The molecule has 2 aromatic carbocycles. The molecular weight excluding hydrogens is 416 g/mol. The molecule has 3 aromatic rings. The van der Waals surface area contributed by atoms with Crippen molar-refractivity contribution in [2.24, 2.45) is 12.2 Å². The van der Waals surface area contributed by atoms with E-state index in [2.05, 4.69) is 0 Å². The van der Waals surface area contributed by atoms with Gasteiger partial charge in [0, 0.05) is 24.7 Å². The molecule has 0 spiro atoms. The topological polar surface area (TPSA) is 112 Å². The van der Waals surface area contributed by atoms with Crippen molar-refractivity contribution in [3.05, 3.63) is 89.2 Å². The van der Waals surface area contributed by atoms with Gasteiger partial charge in [-0.3, -0.25) is 4.79 Å². The van der Waals surface area contributed by atoms with Gasteiger partial charge in [-0.1, -0.05) is 30.3 Å². The number of hydrogen-bond acceptors (Lipinski definition) is 5. The van der Waals surface area contributed by atoms with E-state index >= 15 is 0 Å². The van der Waals surface area contributed by atoms with Gasteiger partial charge in [-0.25, -0.2) is 13.6 Å². The van der Waals surface area contributed by atoms with Crippen molar-refractivity contribution >= 4 is 15.8 Å². The van der Waals surface area contributed by atoms with E-state index in [0.717, 1.165) is 0 Å². The highest BCUT2D eigenvalue weighted by molar-refractivity contribution is 7.89. The molecule has 1 aromatic heterocycles. The zero-order valence-corrected chi connectivity index (χ0v) is 18.3. The highest BCUT2D eigenvalue weighted by atomic mass is 32.2. The van der Waals surface area contributed by atoms with Crippen molar-refractivity contribution in [2.75, 3.05) is 12.4 Å². The Morgan fingerprint density at radius 2 is 1.71 bits per heavy atom. The third-order valence-corrected chi connectivity index (χ3v) is 5.99. The molecule has 0 aliphatic heterocycles. The summed E-state index contributed by atoms with van der Waals surface area (Å²) in [7, 11) is -2.25. The number of carbonyl (C=O) groups excluding carboxylic acids is 1. The molecule has 0 saturated heterocycles. The van der Waals surface area contributed by atoms with E-state index in [9.17, 15) is 18.3 Å². The SMILES string of the molecule is CCOc1ccc(C(=O)c2ccc(CC(O)(CS(N)(=O)=O)c3ccccc3)n2C)cc1. The van der Waals surface area contributed by atoms with Gasteiger partial charge in [-0.05, 0) is 48.9 Å². The molecule has 31 heavy (non-hydrogen) atoms. The van der Waals surface area contributed by atoms with Gasteiger partial charge in [0.25, 0.3) is 0 Å². The van der Waals surface area contributed by atoms with Gasteiger partial charge < -0.3 is 14.4 Å². The average Bonchev–Trinajstić information content (AvgIpc) is 3.07. The van der Waals surface area contributed by atoms with Crippen LogP contribution in [0.25, 0.3) is 0 Å². The first kappa shape index (κ1) is 22.7. The van der Waals surface area contributed by atoms with Crippen LogP contribution in [0.5, 0.6) is 5.75 Å². The van der Waals surface area contributed by atoms with Crippen LogP contribution < -0.4 is 9.88 Å². The number of nitrogens with two attached hydrogens (primary N) is 1. The fraction of sp³-hybridized carbons (Fsp3) is 0.261. The van der Waals surface area contributed by atoms with Crippen molar-refractivity contribution in [1.82, 2.24) is 4.57 Å².